The smallest absolute Gasteiger partial charge is 0.307 e. The van der Waals surface area contributed by atoms with Crippen molar-refractivity contribution in [2.45, 2.75) is 22.3 Å². The molecular formula is C16H17Cl2NO2S. The Hall–Kier alpha value is -1.20. The molecule has 22 heavy (non-hydrogen) atoms. The van der Waals surface area contributed by atoms with Gasteiger partial charge in [-0.3, -0.25) is 4.79 Å². The van der Waals surface area contributed by atoms with Gasteiger partial charge in [0.2, 0.25) is 0 Å². The molecule has 0 amide bonds. The van der Waals surface area contributed by atoms with Gasteiger partial charge in [0.15, 0.2) is 0 Å². The highest BCUT2D eigenvalue weighted by atomic mass is 35.5. The summed E-state index contributed by atoms with van der Waals surface area (Å²) in [6.45, 7) is 0. The minimum Gasteiger partial charge on any atom is -0.469 e. The molecule has 0 unspecified atom stereocenters. The number of hydrogen-bond acceptors (Lipinski definition) is 4. The summed E-state index contributed by atoms with van der Waals surface area (Å²) in [5.41, 5.74) is 7.05. The second-order valence-corrected chi connectivity index (χ2v) is 6.03. The third-order valence-corrected chi connectivity index (χ3v) is 4.33. The Morgan fingerprint density at radius 3 is 2.50 bits per heavy atom. The van der Waals surface area contributed by atoms with E-state index in [-0.39, 0.29) is 30.8 Å². The highest BCUT2D eigenvalue weighted by Crippen LogP contribution is 2.34. The number of carbonyl (C=O) groups is 1. The summed E-state index contributed by atoms with van der Waals surface area (Å²) >= 11 is 7.48. The van der Waals surface area contributed by atoms with Crippen LogP contribution in [-0.2, 0) is 9.53 Å². The zero-order valence-electron chi connectivity index (χ0n) is 12.0. The molecule has 0 aliphatic rings. The molecule has 0 aliphatic carbocycles. The van der Waals surface area contributed by atoms with Crippen molar-refractivity contribution < 1.29 is 9.53 Å². The molecule has 0 aliphatic heterocycles. The first-order valence-electron chi connectivity index (χ1n) is 6.45. The van der Waals surface area contributed by atoms with Crippen LogP contribution in [0.1, 0.15) is 18.0 Å². The topological polar surface area (TPSA) is 52.3 Å². The maximum atomic E-state index is 11.4. The predicted octanol–water partition coefficient (Wildman–Crippen LogP) is 4.48. The summed E-state index contributed by atoms with van der Waals surface area (Å²) in [7, 11) is 1.36. The Balaban J connectivity index is 0.00000242. The van der Waals surface area contributed by atoms with Crippen LogP contribution >= 0.6 is 35.8 Å². The van der Waals surface area contributed by atoms with Crippen LogP contribution < -0.4 is 5.73 Å². The number of methoxy groups -OCH3 is 1. The standard InChI is InChI=1S/C16H16ClNO2S.ClH/c1-20-16(19)10-14(18)13-4-2-3-5-15(13)21-12-8-6-11(17)7-9-12;/h2-9,14H,10,18H2,1H3;1H/t14-;/m1./s1. The van der Waals surface area contributed by atoms with Crippen molar-refractivity contribution in [2.24, 2.45) is 5.73 Å². The van der Waals surface area contributed by atoms with Gasteiger partial charge in [0, 0.05) is 20.9 Å². The van der Waals surface area contributed by atoms with Crippen LogP contribution in [-0.4, -0.2) is 13.1 Å². The van der Waals surface area contributed by atoms with E-state index in [1.165, 1.54) is 7.11 Å². The molecule has 2 N–H and O–H groups in total. The monoisotopic (exact) mass is 357 g/mol. The fourth-order valence-corrected chi connectivity index (χ4v) is 3.02. The van der Waals surface area contributed by atoms with Crippen molar-refractivity contribution in [3.8, 4) is 0 Å². The van der Waals surface area contributed by atoms with Crippen molar-refractivity contribution in [3.63, 3.8) is 0 Å². The molecule has 2 rings (SSSR count). The first-order chi connectivity index (χ1) is 10.1. The summed E-state index contributed by atoms with van der Waals surface area (Å²) in [6, 6.07) is 15.0. The van der Waals surface area contributed by atoms with E-state index in [4.69, 9.17) is 17.3 Å². The average molecular weight is 358 g/mol. The van der Waals surface area contributed by atoms with Gasteiger partial charge in [-0.05, 0) is 35.9 Å². The van der Waals surface area contributed by atoms with Gasteiger partial charge in [0.05, 0.1) is 13.5 Å². The fourth-order valence-electron chi connectivity index (χ4n) is 1.88. The molecule has 0 fully saturated rings. The second-order valence-electron chi connectivity index (χ2n) is 4.48. The third-order valence-electron chi connectivity index (χ3n) is 2.97. The number of hydrogen-bond donors (Lipinski definition) is 1. The molecule has 1 atom stereocenters. The zero-order chi connectivity index (χ0) is 15.2. The predicted molar refractivity (Wildman–Crippen MR) is 92.8 cm³/mol. The number of esters is 1. The largest absolute Gasteiger partial charge is 0.469 e. The Bertz CT molecular complexity index is 620. The van der Waals surface area contributed by atoms with Gasteiger partial charge in [0.25, 0.3) is 0 Å². The molecule has 3 nitrogen and oxygen atoms in total. The summed E-state index contributed by atoms with van der Waals surface area (Å²) in [4.78, 5) is 13.5. The zero-order valence-corrected chi connectivity index (χ0v) is 14.4. The number of benzene rings is 2. The SMILES string of the molecule is COC(=O)C[C@@H](N)c1ccccc1Sc1ccc(Cl)cc1.Cl. The van der Waals surface area contributed by atoms with Crippen molar-refractivity contribution >= 4 is 41.7 Å². The van der Waals surface area contributed by atoms with Crippen LogP contribution in [0.3, 0.4) is 0 Å². The van der Waals surface area contributed by atoms with Gasteiger partial charge in [-0.15, -0.1) is 12.4 Å². The number of halogens is 2. The molecule has 6 heteroatoms. The molecular weight excluding hydrogens is 341 g/mol. The third kappa shape index (κ3) is 5.21. The van der Waals surface area contributed by atoms with Crippen LogP contribution in [0.15, 0.2) is 58.3 Å². The summed E-state index contributed by atoms with van der Waals surface area (Å²) in [5.74, 6) is -0.311. The molecule has 0 heterocycles. The highest BCUT2D eigenvalue weighted by molar-refractivity contribution is 7.99. The first kappa shape index (κ1) is 18.8. The van der Waals surface area contributed by atoms with Crippen molar-refractivity contribution in [2.75, 3.05) is 7.11 Å². The van der Waals surface area contributed by atoms with E-state index >= 15 is 0 Å². The fraction of sp³-hybridized carbons (Fsp3) is 0.188. The molecule has 0 saturated heterocycles. The van der Waals surface area contributed by atoms with E-state index in [2.05, 4.69) is 4.74 Å². The molecule has 0 aromatic heterocycles. The Kier molecular flexibility index (Phi) is 7.76. The van der Waals surface area contributed by atoms with E-state index in [0.29, 0.717) is 5.02 Å². The van der Waals surface area contributed by atoms with Gasteiger partial charge in [0.1, 0.15) is 0 Å². The van der Waals surface area contributed by atoms with Crippen LogP contribution in [0.4, 0.5) is 0 Å². The second kappa shape index (κ2) is 9.06. The normalized spacial score (nSPS) is 11.4. The highest BCUT2D eigenvalue weighted by Gasteiger charge is 2.15. The van der Waals surface area contributed by atoms with Crippen LogP contribution in [0.5, 0.6) is 0 Å². The average Bonchev–Trinajstić information content (AvgIpc) is 2.50. The molecule has 2 aromatic rings. The first-order valence-corrected chi connectivity index (χ1v) is 7.64. The maximum Gasteiger partial charge on any atom is 0.307 e. The molecule has 0 radical (unpaired) electrons. The van der Waals surface area contributed by atoms with Crippen molar-refractivity contribution in [3.05, 3.63) is 59.1 Å². The molecule has 0 spiro atoms. The Labute approximate surface area is 145 Å². The lowest BCUT2D eigenvalue weighted by Crippen LogP contribution is -2.17. The number of ether oxygens (including phenoxy) is 1. The molecule has 0 bridgehead atoms. The molecule has 0 saturated carbocycles. The van der Waals surface area contributed by atoms with E-state index < -0.39 is 0 Å². The van der Waals surface area contributed by atoms with Gasteiger partial charge in [-0.1, -0.05) is 41.6 Å². The quantitative estimate of drug-likeness (QED) is 0.801. The maximum absolute atomic E-state index is 11.4. The van der Waals surface area contributed by atoms with E-state index in [0.717, 1.165) is 15.4 Å². The van der Waals surface area contributed by atoms with Crippen LogP contribution in [0.2, 0.25) is 5.02 Å². The van der Waals surface area contributed by atoms with E-state index in [1.807, 2.05) is 48.5 Å². The number of nitrogens with two attached hydrogens (primary N) is 1. The van der Waals surface area contributed by atoms with Crippen LogP contribution in [0.25, 0.3) is 0 Å². The lowest BCUT2D eigenvalue weighted by molar-refractivity contribution is -0.141. The molecule has 2 aromatic carbocycles. The van der Waals surface area contributed by atoms with Crippen molar-refractivity contribution in [1.82, 2.24) is 0 Å². The van der Waals surface area contributed by atoms with Gasteiger partial charge in [-0.2, -0.15) is 0 Å². The summed E-state index contributed by atoms with van der Waals surface area (Å²) in [5, 5.41) is 0.704. The summed E-state index contributed by atoms with van der Waals surface area (Å²) in [6.07, 6.45) is 0.161. The van der Waals surface area contributed by atoms with E-state index in [1.54, 1.807) is 11.8 Å². The van der Waals surface area contributed by atoms with Crippen molar-refractivity contribution in [1.29, 1.82) is 0 Å². The minimum atomic E-state index is -0.381. The number of carbonyl (C=O) groups excluding carboxylic acids is 1. The van der Waals surface area contributed by atoms with Crippen LogP contribution in [0, 0.1) is 0 Å². The Morgan fingerprint density at radius 1 is 1.23 bits per heavy atom. The Morgan fingerprint density at radius 2 is 1.86 bits per heavy atom. The van der Waals surface area contributed by atoms with Gasteiger partial charge in [-0.25, -0.2) is 0 Å². The van der Waals surface area contributed by atoms with E-state index in [9.17, 15) is 4.79 Å². The van der Waals surface area contributed by atoms with Gasteiger partial charge < -0.3 is 10.5 Å². The number of rotatable bonds is 5. The lowest BCUT2D eigenvalue weighted by Gasteiger charge is -2.15. The summed E-state index contributed by atoms with van der Waals surface area (Å²) < 4.78 is 4.67. The minimum absolute atomic E-state index is 0. The lowest BCUT2D eigenvalue weighted by atomic mass is 10.1. The molecule has 118 valence electrons. The van der Waals surface area contributed by atoms with Gasteiger partial charge >= 0.3 is 5.97 Å².